The van der Waals surface area contributed by atoms with E-state index in [0.717, 1.165) is 10.0 Å². The van der Waals surface area contributed by atoms with Crippen LogP contribution in [0.3, 0.4) is 0 Å². The van der Waals surface area contributed by atoms with E-state index in [9.17, 15) is 4.79 Å². The van der Waals surface area contributed by atoms with E-state index in [1.807, 2.05) is 30.3 Å². The van der Waals surface area contributed by atoms with Crippen LogP contribution in [0, 0.1) is 11.3 Å². The summed E-state index contributed by atoms with van der Waals surface area (Å²) < 4.78 is 11.5. The van der Waals surface area contributed by atoms with Gasteiger partial charge in [-0.2, -0.15) is 5.26 Å². The summed E-state index contributed by atoms with van der Waals surface area (Å²) in [6.45, 7) is 0.732. The van der Waals surface area contributed by atoms with E-state index in [2.05, 4.69) is 21.2 Å². The molecule has 6 heteroatoms. The van der Waals surface area contributed by atoms with Crippen LogP contribution in [0.1, 0.15) is 5.76 Å². The fraction of sp³-hybridized carbons (Fsp3) is 0.176. The van der Waals surface area contributed by atoms with E-state index < -0.39 is 5.91 Å². The van der Waals surface area contributed by atoms with Crippen molar-refractivity contribution in [1.82, 2.24) is 5.32 Å². The first kappa shape index (κ1) is 17.0. The minimum Gasteiger partial charge on any atom is -0.457 e. The average Bonchev–Trinajstić information content (AvgIpc) is 3.02. The lowest BCUT2D eigenvalue weighted by molar-refractivity contribution is -0.117. The summed E-state index contributed by atoms with van der Waals surface area (Å²) in [4.78, 5) is 11.9. The fourth-order valence-electron chi connectivity index (χ4n) is 1.85. The molecular formula is C17H15BrN2O3. The molecule has 0 aliphatic rings. The topological polar surface area (TPSA) is 75.3 Å². The molecule has 1 aromatic carbocycles. The summed E-state index contributed by atoms with van der Waals surface area (Å²) in [5, 5.41) is 11.7. The second kappa shape index (κ2) is 8.32. The Labute approximate surface area is 142 Å². The van der Waals surface area contributed by atoms with Gasteiger partial charge in [-0.3, -0.25) is 4.79 Å². The van der Waals surface area contributed by atoms with Gasteiger partial charge in [0.05, 0.1) is 6.61 Å². The molecule has 0 aliphatic heterocycles. The van der Waals surface area contributed by atoms with Crippen LogP contribution in [0.2, 0.25) is 0 Å². The van der Waals surface area contributed by atoms with Crippen molar-refractivity contribution >= 4 is 27.9 Å². The van der Waals surface area contributed by atoms with Crippen molar-refractivity contribution in [2.75, 3.05) is 20.3 Å². The van der Waals surface area contributed by atoms with Crippen LogP contribution in [0.25, 0.3) is 17.4 Å². The van der Waals surface area contributed by atoms with Crippen LogP contribution in [0.4, 0.5) is 0 Å². The predicted octanol–water partition coefficient (Wildman–Crippen LogP) is 3.38. The molecule has 0 saturated heterocycles. The van der Waals surface area contributed by atoms with Crippen molar-refractivity contribution in [3.63, 3.8) is 0 Å². The zero-order valence-electron chi connectivity index (χ0n) is 12.5. The average molecular weight is 375 g/mol. The van der Waals surface area contributed by atoms with Crippen LogP contribution in [0.15, 0.2) is 50.9 Å². The lowest BCUT2D eigenvalue weighted by atomic mass is 10.2. The van der Waals surface area contributed by atoms with E-state index >= 15 is 0 Å². The highest BCUT2D eigenvalue weighted by Gasteiger charge is 2.10. The number of hydrogen-bond donors (Lipinski definition) is 1. The van der Waals surface area contributed by atoms with Crippen LogP contribution >= 0.6 is 15.9 Å². The molecule has 1 amide bonds. The third-order valence-electron chi connectivity index (χ3n) is 3.00. The largest absolute Gasteiger partial charge is 0.457 e. The monoisotopic (exact) mass is 374 g/mol. The smallest absolute Gasteiger partial charge is 0.262 e. The Bertz CT molecular complexity index is 742. The van der Waals surface area contributed by atoms with Crippen molar-refractivity contribution in [3.8, 4) is 17.4 Å². The van der Waals surface area contributed by atoms with Gasteiger partial charge >= 0.3 is 0 Å². The van der Waals surface area contributed by atoms with Gasteiger partial charge in [0.25, 0.3) is 5.91 Å². The third kappa shape index (κ3) is 4.81. The molecule has 5 nitrogen and oxygen atoms in total. The Hall–Kier alpha value is -2.36. The van der Waals surface area contributed by atoms with Crippen molar-refractivity contribution in [3.05, 3.63) is 52.2 Å². The number of carbonyl (C=O) groups excluding carboxylic acids is 1. The number of nitrogens with one attached hydrogen (secondary N) is 1. The number of benzene rings is 1. The maximum absolute atomic E-state index is 11.9. The van der Waals surface area contributed by atoms with Crippen molar-refractivity contribution in [1.29, 1.82) is 5.26 Å². The first-order valence-electron chi connectivity index (χ1n) is 6.88. The van der Waals surface area contributed by atoms with Gasteiger partial charge in [0, 0.05) is 29.8 Å². The third-order valence-corrected chi connectivity index (χ3v) is 3.53. The van der Waals surface area contributed by atoms with Crippen LogP contribution in [-0.4, -0.2) is 26.2 Å². The molecule has 0 radical (unpaired) electrons. The van der Waals surface area contributed by atoms with Crippen molar-refractivity contribution in [2.45, 2.75) is 0 Å². The molecule has 0 fully saturated rings. The molecule has 0 bridgehead atoms. The predicted molar refractivity (Wildman–Crippen MR) is 90.3 cm³/mol. The van der Waals surface area contributed by atoms with Gasteiger partial charge in [-0.05, 0) is 24.3 Å². The number of ether oxygens (including phenoxy) is 1. The summed E-state index contributed by atoms with van der Waals surface area (Å²) in [7, 11) is 1.54. The van der Waals surface area contributed by atoms with Gasteiger partial charge in [0.15, 0.2) is 0 Å². The molecule has 1 aromatic heterocycles. The number of halogens is 1. The Morgan fingerprint density at radius 1 is 1.35 bits per heavy atom. The second-order valence-corrected chi connectivity index (χ2v) is 5.54. The van der Waals surface area contributed by atoms with Crippen LogP contribution < -0.4 is 5.32 Å². The lowest BCUT2D eigenvalue weighted by Crippen LogP contribution is -2.27. The molecule has 118 valence electrons. The SMILES string of the molecule is COCCNC(=O)/C(C#N)=C/c1ccc(-c2ccc(Br)cc2)o1. The Kier molecular flexibility index (Phi) is 6.15. The zero-order valence-corrected chi connectivity index (χ0v) is 14.1. The summed E-state index contributed by atoms with van der Waals surface area (Å²) in [6.07, 6.45) is 1.42. The quantitative estimate of drug-likeness (QED) is 0.477. The summed E-state index contributed by atoms with van der Waals surface area (Å²) in [6, 6.07) is 13.1. The normalized spacial score (nSPS) is 11.1. The minimum atomic E-state index is -0.453. The van der Waals surface area contributed by atoms with Crippen molar-refractivity contribution < 1.29 is 13.9 Å². The zero-order chi connectivity index (χ0) is 16.7. The minimum absolute atomic E-state index is 0.0159. The molecule has 1 N–H and O–H groups in total. The Balaban J connectivity index is 2.13. The number of nitriles is 1. The second-order valence-electron chi connectivity index (χ2n) is 4.63. The Morgan fingerprint density at radius 3 is 2.74 bits per heavy atom. The molecule has 2 rings (SSSR count). The van der Waals surface area contributed by atoms with E-state index in [1.54, 1.807) is 19.2 Å². The lowest BCUT2D eigenvalue weighted by Gasteiger charge is -2.02. The molecule has 2 aromatic rings. The number of rotatable bonds is 6. The molecule has 0 atom stereocenters. The molecule has 23 heavy (non-hydrogen) atoms. The summed E-state index contributed by atoms with van der Waals surface area (Å²) in [5.74, 6) is 0.660. The number of furan rings is 1. The number of nitrogens with zero attached hydrogens (tertiary/aromatic N) is 1. The molecule has 0 unspecified atom stereocenters. The maximum Gasteiger partial charge on any atom is 0.262 e. The first-order chi connectivity index (χ1) is 11.1. The summed E-state index contributed by atoms with van der Waals surface area (Å²) in [5.41, 5.74) is 0.897. The number of methoxy groups -OCH3 is 1. The molecular weight excluding hydrogens is 360 g/mol. The highest BCUT2D eigenvalue weighted by molar-refractivity contribution is 9.10. The van der Waals surface area contributed by atoms with Gasteiger partial charge in [0.1, 0.15) is 23.2 Å². The number of hydrogen-bond acceptors (Lipinski definition) is 4. The highest BCUT2D eigenvalue weighted by atomic mass is 79.9. The van der Waals surface area contributed by atoms with Gasteiger partial charge < -0.3 is 14.5 Å². The molecule has 0 aliphatic carbocycles. The highest BCUT2D eigenvalue weighted by Crippen LogP contribution is 2.24. The van der Waals surface area contributed by atoms with E-state index in [4.69, 9.17) is 14.4 Å². The first-order valence-corrected chi connectivity index (χ1v) is 7.68. The fourth-order valence-corrected chi connectivity index (χ4v) is 2.12. The molecule has 1 heterocycles. The standard InChI is InChI=1S/C17H15BrN2O3/c1-22-9-8-20-17(21)13(11-19)10-15-6-7-16(23-15)12-2-4-14(18)5-3-12/h2-7,10H,8-9H2,1H3,(H,20,21)/b13-10+. The van der Waals surface area contributed by atoms with Crippen molar-refractivity contribution in [2.24, 2.45) is 0 Å². The van der Waals surface area contributed by atoms with Gasteiger partial charge in [-0.25, -0.2) is 0 Å². The van der Waals surface area contributed by atoms with E-state index in [1.165, 1.54) is 6.08 Å². The van der Waals surface area contributed by atoms with Gasteiger partial charge in [0.2, 0.25) is 0 Å². The van der Waals surface area contributed by atoms with Crippen LogP contribution in [-0.2, 0) is 9.53 Å². The van der Waals surface area contributed by atoms with Crippen LogP contribution in [0.5, 0.6) is 0 Å². The summed E-state index contributed by atoms with van der Waals surface area (Å²) >= 11 is 3.38. The number of carbonyl (C=O) groups is 1. The van der Waals surface area contributed by atoms with Gasteiger partial charge in [-0.1, -0.05) is 28.1 Å². The van der Waals surface area contributed by atoms with E-state index in [-0.39, 0.29) is 5.57 Å². The molecule has 0 spiro atoms. The van der Waals surface area contributed by atoms with Gasteiger partial charge in [-0.15, -0.1) is 0 Å². The number of amides is 1. The maximum atomic E-state index is 11.9. The van der Waals surface area contributed by atoms with E-state index in [0.29, 0.717) is 24.7 Å². The Morgan fingerprint density at radius 2 is 2.09 bits per heavy atom. The molecule has 0 saturated carbocycles.